The molecule has 37 heavy (non-hydrogen) atoms. The van der Waals surface area contributed by atoms with Crippen LogP contribution in [0.25, 0.3) is 10.8 Å². The van der Waals surface area contributed by atoms with E-state index < -0.39 is 10.9 Å². The van der Waals surface area contributed by atoms with Gasteiger partial charge in [0, 0.05) is 12.1 Å². The summed E-state index contributed by atoms with van der Waals surface area (Å²) in [5.41, 5.74) is 4.09. The molecule has 0 aliphatic heterocycles. The van der Waals surface area contributed by atoms with Crippen LogP contribution in [0.2, 0.25) is 0 Å². The number of non-ortho nitro benzene ring substituents is 1. The minimum Gasteiger partial charge on any atom is -0.490 e. The molecule has 0 fully saturated rings. The van der Waals surface area contributed by atoms with Gasteiger partial charge in [0.1, 0.15) is 0 Å². The molecule has 0 unspecified atom stereocenters. The fraction of sp³-hybridized carbons (Fsp3) is 0.107. The predicted octanol–water partition coefficient (Wildman–Crippen LogP) is 5.06. The van der Waals surface area contributed by atoms with Crippen LogP contribution in [0.15, 0.2) is 90.0 Å². The number of nitrogens with one attached hydrogen (secondary N) is 1. The molecule has 4 aromatic rings. The van der Waals surface area contributed by atoms with Crippen LogP contribution in [-0.2, 0) is 11.2 Å². The Morgan fingerprint density at radius 1 is 0.973 bits per heavy atom. The molecule has 186 valence electrons. The van der Waals surface area contributed by atoms with Crippen LogP contribution in [0, 0.1) is 10.1 Å². The van der Waals surface area contributed by atoms with Gasteiger partial charge in [0.05, 0.1) is 29.7 Å². The molecule has 0 saturated heterocycles. The summed E-state index contributed by atoms with van der Waals surface area (Å²) in [5, 5.41) is 16.9. The number of benzene rings is 4. The zero-order valence-corrected chi connectivity index (χ0v) is 19.9. The van der Waals surface area contributed by atoms with Crippen LogP contribution in [0.1, 0.15) is 28.4 Å². The molecule has 9 nitrogen and oxygen atoms in total. The Balaban J connectivity index is 1.41. The number of carbonyl (C=O) groups is 2. The summed E-state index contributed by atoms with van der Waals surface area (Å²) >= 11 is 0. The lowest BCUT2D eigenvalue weighted by Gasteiger charge is -2.11. The molecule has 1 N–H and O–H groups in total. The monoisotopic (exact) mass is 497 g/mol. The Kier molecular flexibility index (Phi) is 7.85. The normalized spacial score (nSPS) is 10.8. The van der Waals surface area contributed by atoms with Gasteiger partial charge in [0.15, 0.2) is 11.5 Å². The highest BCUT2D eigenvalue weighted by molar-refractivity contribution is 5.92. The van der Waals surface area contributed by atoms with E-state index >= 15 is 0 Å². The second kappa shape index (κ2) is 11.6. The lowest BCUT2D eigenvalue weighted by Crippen LogP contribution is -2.19. The molecule has 0 spiro atoms. The van der Waals surface area contributed by atoms with Gasteiger partial charge in [-0.3, -0.25) is 14.9 Å². The average molecular weight is 498 g/mol. The van der Waals surface area contributed by atoms with Crippen molar-refractivity contribution in [2.45, 2.75) is 13.3 Å². The molecule has 0 radical (unpaired) electrons. The third kappa shape index (κ3) is 6.34. The minimum absolute atomic E-state index is 0.126. The van der Waals surface area contributed by atoms with Gasteiger partial charge < -0.3 is 9.47 Å². The topological polar surface area (TPSA) is 120 Å². The number of hydrogen-bond donors (Lipinski definition) is 1. The smallest absolute Gasteiger partial charge is 0.343 e. The van der Waals surface area contributed by atoms with Crippen molar-refractivity contribution < 1.29 is 24.0 Å². The highest BCUT2D eigenvalue weighted by Crippen LogP contribution is 2.29. The first-order valence-corrected chi connectivity index (χ1v) is 11.5. The Morgan fingerprint density at radius 3 is 2.49 bits per heavy atom. The van der Waals surface area contributed by atoms with E-state index in [9.17, 15) is 19.7 Å². The molecule has 0 heterocycles. The number of carbonyl (C=O) groups excluding carboxylic acids is 2. The van der Waals surface area contributed by atoms with Gasteiger partial charge in [0.2, 0.25) is 5.91 Å². The number of ether oxygens (including phenoxy) is 2. The van der Waals surface area contributed by atoms with Crippen molar-refractivity contribution in [3.8, 4) is 11.5 Å². The first kappa shape index (κ1) is 25.1. The summed E-state index contributed by atoms with van der Waals surface area (Å²) in [5.74, 6) is -0.449. The molecule has 0 aliphatic rings. The van der Waals surface area contributed by atoms with Gasteiger partial charge in [-0.25, -0.2) is 10.2 Å². The first-order valence-electron chi connectivity index (χ1n) is 11.5. The lowest BCUT2D eigenvalue weighted by molar-refractivity contribution is -0.384. The molecule has 0 atom stereocenters. The van der Waals surface area contributed by atoms with Crippen molar-refractivity contribution in [2.75, 3.05) is 6.61 Å². The summed E-state index contributed by atoms with van der Waals surface area (Å²) in [6, 6.07) is 23.6. The maximum atomic E-state index is 12.5. The second-order valence-corrected chi connectivity index (χ2v) is 7.94. The molecule has 1 amide bonds. The van der Waals surface area contributed by atoms with Gasteiger partial charge in [-0.05, 0) is 59.2 Å². The molecule has 9 heteroatoms. The summed E-state index contributed by atoms with van der Waals surface area (Å²) in [6.45, 7) is 2.11. The van der Waals surface area contributed by atoms with Gasteiger partial charge in [-0.2, -0.15) is 5.10 Å². The van der Waals surface area contributed by atoms with Crippen molar-refractivity contribution in [3.05, 3.63) is 112 Å². The van der Waals surface area contributed by atoms with E-state index in [2.05, 4.69) is 10.5 Å². The van der Waals surface area contributed by atoms with Gasteiger partial charge in [-0.1, -0.05) is 42.5 Å². The number of rotatable bonds is 9. The number of nitrogens with zero attached hydrogens (tertiary/aromatic N) is 2. The van der Waals surface area contributed by atoms with Crippen LogP contribution in [0.4, 0.5) is 5.69 Å². The van der Waals surface area contributed by atoms with Crippen LogP contribution >= 0.6 is 0 Å². The van der Waals surface area contributed by atoms with E-state index in [0.717, 1.165) is 16.3 Å². The van der Waals surface area contributed by atoms with Crippen LogP contribution in [-0.4, -0.2) is 29.6 Å². The van der Waals surface area contributed by atoms with Crippen molar-refractivity contribution in [1.82, 2.24) is 5.43 Å². The summed E-state index contributed by atoms with van der Waals surface area (Å²) in [4.78, 5) is 35.2. The quantitative estimate of drug-likeness (QED) is 0.113. The van der Waals surface area contributed by atoms with Gasteiger partial charge in [-0.15, -0.1) is 0 Å². The molecule has 0 aromatic heterocycles. The minimum atomic E-state index is -0.682. The Hall–Kier alpha value is -5.05. The zero-order chi connectivity index (χ0) is 26.2. The number of nitro benzene ring substituents is 1. The largest absolute Gasteiger partial charge is 0.490 e. The number of nitro groups is 1. The highest BCUT2D eigenvalue weighted by Gasteiger charge is 2.15. The number of amides is 1. The molecule has 4 rings (SSSR count). The number of esters is 1. The second-order valence-electron chi connectivity index (χ2n) is 7.94. The third-order valence-corrected chi connectivity index (χ3v) is 5.42. The average Bonchev–Trinajstić information content (AvgIpc) is 2.90. The Labute approximate surface area is 212 Å². The summed E-state index contributed by atoms with van der Waals surface area (Å²) in [7, 11) is 0. The van der Waals surface area contributed by atoms with E-state index in [4.69, 9.17) is 9.47 Å². The Bertz CT molecular complexity index is 1480. The van der Waals surface area contributed by atoms with Crippen molar-refractivity contribution >= 4 is 34.6 Å². The zero-order valence-electron chi connectivity index (χ0n) is 19.9. The van der Waals surface area contributed by atoms with Crippen LogP contribution < -0.4 is 14.9 Å². The summed E-state index contributed by atoms with van der Waals surface area (Å²) in [6.07, 6.45) is 1.64. The van der Waals surface area contributed by atoms with Crippen LogP contribution in [0.3, 0.4) is 0 Å². The van der Waals surface area contributed by atoms with Crippen molar-refractivity contribution in [1.29, 1.82) is 0 Å². The van der Waals surface area contributed by atoms with Gasteiger partial charge in [0.25, 0.3) is 5.69 Å². The third-order valence-electron chi connectivity index (χ3n) is 5.42. The van der Waals surface area contributed by atoms with Crippen LogP contribution in [0.5, 0.6) is 11.5 Å². The standard InChI is InChI=1S/C28H23N3O6/c1-2-36-26-16-19(10-15-25(26)37-28(33)21-11-13-23(14-12-21)31(34)35)18-29-30-27(32)17-22-8-5-7-20-6-3-4-9-24(20)22/h3-16,18H,2,17H2,1H3,(H,30,32). The SMILES string of the molecule is CCOc1cc(C=NNC(=O)Cc2cccc3ccccc23)ccc1OC(=O)c1ccc([N+](=O)[O-])cc1. The number of hydrazone groups is 1. The van der Waals surface area contributed by atoms with Crippen molar-refractivity contribution in [3.63, 3.8) is 0 Å². The molecule has 4 aromatic carbocycles. The molecule has 0 bridgehead atoms. The van der Waals surface area contributed by atoms with E-state index in [1.54, 1.807) is 25.1 Å². The fourth-order valence-corrected chi connectivity index (χ4v) is 3.67. The van der Waals surface area contributed by atoms with Crippen molar-refractivity contribution in [2.24, 2.45) is 5.10 Å². The maximum Gasteiger partial charge on any atom is 0.343 e. The lowest BCUT2D eigenvalue weighted by atomic mass is 10.0. The maximum absolute atomic E-state index is 12.5. The van der Waals surface area contributed by atoms with Gasteiger partial charge >= 0.3 is 5.97 Å². The molecular weight excluding hydrogens is 474 g/mol. The fourth-order valence-electron chi connectivity index (χ4n) is 3.67. The van der Waals surface area contributed by atoms with E-state index in [-0.39, 0.29) is 29.3 Å². The van der Waals surface area contributed by atoms with E-state index in [1.807, 2.05) is 42.5 Å². The van der Waals surface area contributed by atoms with E-state index in [1.165, 1.54) is 30.5 Å². The number of fused-ring (bicyclic) bond motifs is 1. The van der Waals surface area contributed by atoms with E-state index in [0.29, 0.717) is 17.9 Å². The number of hydrogen-bond acceptors (Lipinski definition) is 7. The molecular formula is C28H23N3O6. The first-order chi connectivity index (χ1) is 17.9. The molecule has 0 aliphatic carbocycles. The predicted molar refractivity (Wildman–Crippen MR) is 139 cm³/mol. The Morgan fingerprint density at radius 2 is 1.73 bits per heavy atom. The summed E-state index contributed by atoms with van der Waals surface area (Å²) < 4.78 is 11.0. The highest BCUT2D eigenvalue weighted by atomic mass is 16.6. The molecule has 0 saturated carbocycles.